The molecule has 0 saturated carbocycles. The Morgan fingerprint density at radius 2 is 2.67 bits per heavy atom. The maximum atomic E-state index is 4.25. The molecule has 0 aliphatic heterocycles. The monoisotopic (exact) mass is 139 g/mol. The lowest BCUT2D eigenvalue weighted by atomic mass is 10.5. The Kier molecular flexibility index (Phi) is 2.01. The van der Waals surface area contributed by atoms with E-state index in [9.17, 15) is 0 Å². The molecular formula is C7H9NS. The molecule has 1 heterocycles. The fourth-order valence-corrected chi connectivity index (χ4v) is 1.31. The first-order chi connectivity index (χ1) is 4.36. The average molecular weight is 139 g/mol. The zero-order valence-electron chi connectivity index (χ0n) is 5.42. The molecule has 9 heavy (non-hydrogen) atoms. The fourth-order valence-electron chi connectivity index (χ4n) is 0.581. The van der Waals surface area contributed by atoms with Crippen molar-refractivity contribution in [1.82, 2.24) is 4.98 Å². The highest BCUT2D eigenvalue weighted by atomic mass is 32.1. The number of aryl methyl sites for hydroxylation is 1. The van der Waals surface area contributed by atoms with Gasteiger partial charge in [-0.3, -0.25) is 0 Å². The van der Waals surface area contributed by atoms with Crippen molar-refractivity contribution < 1.29 is 0 Å². The molecule has 1 aromatic heterocycles. The Labute approximate surface area is 59.1 Å². The molecule has 0 aliphatic carbocycles. The summed E-state index contributed by atoms with van der Waals surface area (Å²) in [6, 6.07) is 0. The van der Waals surface area contributed by atoms with Crippen LogP contribution < -0.4 is 0 Å². The summed E-state index contributed by atoms with van der Waals surface area (Å²) in [5.41, 5.74) is 0.997. The highest BCUT2D eigenvalue weighted by molar-refractivity contribution is 7.09. The minimum atomic E-state index is 0.997. The zero-order valence-corrected chi connectivity index (χ0v) is 6.24. The van der Waals surface area contributed by atoms with Gasteiger partial charge >= 0.3 is 0 Å². The summed E-state index contributed by atoms with van der Waals surface area (Å²) in [4.78, 5) is 4.25. The van der Waals surface area contributed by atoms with Gasteiger partial charge in [0.2, 0.25) is 0 Å². The smallest absolute Gasteiger partial charge is 0.0929 e. The van der Waals surface area contributed by atoms with Crippen LogP contribution in [0.1, 0.15) is 17.6 Å². The van der Waals surface area contributed by atoms with Crippen LogP contribution in [0, 0.1) is 0 Å². The highest BCUT2D eigenvalue weighted by Gasteiger charge is 1.93. The van der Waals surface area contributed by atoms with Crippen molar-refractivity contribution in [1.29, 1.82) is 0 Å². The van der Waals surface area contributed by atoms with E-state index in [1.54, 1.807) is 17.4 Å². The number of aromatic nitrogens is 1. The minimum absolute atomic E-state index is 0.997. The molecule has 0 saturated heterocycles. The van der Waals surface area contributed by atoms with Gasteiger partial charge in [0, 0.05) is 5.38 Å². The molecule has 0 N–H and O–H groups in total. The second-order valence-electron chi connectivity index (χ2n) is 1.72. The van der Waals surface area contributed by atoms with Gasteiger partial charge in [0.05, 0.1) is 10.7 Å². The average Bonchev–Trinajstić information content (AvgIpc) is 2.34. The number of hydrogen-bond donors (Lipinski definition) is 0. The SMILES string of the molecule is C=Cc1csc(CC)n1. The van der Waals surface area contributed by atoms with Gasteiger partial charge in [0.15, 0.2) is 0 Å². The molecule has 0 aromatic carbocycles. The molecule has 0 fully saturated rings. The molecule has 48 valence electrons. The quantitative estimate of drug-likeness (QED) is 0.613. The lowest BCUT2D eigenvalue weighted by molar-refractivity contribution is 1.09. The van der Waals surface area contributed by atoms with Crippen molar-refractivity contribution in [3.05, 3.63) is 22.7 Å². The summed E-state index contributed by atoms with van der Waals surface area (Å²) in [7, 11) is 0. The minimum Gasteiger partial charge on any atom is -0.242 e. The van der Waals surface area contributed by atoms with E-state index in [1.165, 1.54) is 5.01 Å². The molecule has 0 radical (unpaired) electrons. The van der Waals surface area contributed by atoms with E-state index < -0.39 is 0 Å². The van der Waals surface area contributed by atoms with E-state index in [0.29, 0.717) is 0 Å². The van der Waals surface area contributed by atoms with Crippen LogP contribution in [0.2, 0.25) is 0 Å². The summed E-state index contributed by atoms with van der Waals surface area (Å²) >= 11 is 1.69. The third-order valence-electron chi connectivity index (χ3n) is 1.08. The summed E-state index contributed by atoms with van der Waals surface area (Å²) < 4.78 is 0. The van der Waals surface area contributed by atoms with Crippen molar-refractivity contribution in [3.8, 4) is 0 Å². The largest absolute Gasteiger partial charge is 0.242 e. The van der Waals surface area contributed by atoms with Gasteiger partial charge in [-0.25, -0.2) is 4.98 Å². The van der Waals surface area contributed by atoms with Gasteiger partial charge in [0.25, 0.3) is 0 Å². The van der Waals surface area contributed by atoms with E-state index in [4.69, 9.17) is 0 Å². The Morgan fingerprint density at radius 3 is 3.00 bits per heavy atom. The second kappa shape index (κ2) is 2.78. The van der Waals surface area contributed by atoms with Crippen LogP contribution in [0.4, 0.5) is 0 Å². The van der Waals surface area contributed by atoms with Gasteiger partial charge in [-0.1, -0.05) is 13.5 Å². The highest BCUT2D eigenvalue weighted by Crippen LogP contribution is 2.10. The third-order valence-corrected chi connectivity index (χ3v) is 2.09. The first-order valence-corrected chi connectivity index (χ1v) is 3.81. The van der Waals surface area contributed by atoms with Crippen LogP contribution in [-0.2, 0) is 6.42 Å². The van der Waals surface area contributed by atoms with Gasteiger partial charge < -0.3 is 0 Å². The van der Waals surface area contributed by atoms with Gasteiger partial charge in [-0.15, -0.1) is 11.3 Å². The van der Waals surface area contributed by atoms with E-state index in [2.05, 4.69) is 18.5 Å². The predicted molar refractivity (Wildman–Crippen MR) is 41.6 cm³/mol. The zero-order chi connectivity index (χ0) is 6.69. The molecule has 2 heteroatoms. The molecule has 0 spiro atoms. The predicted octanol–water partition coefficient (Wildman–Crippen LogP) is 2.35. The van der Waals surface area contributed by atoms with Crippen molar-refractivity contribution >= 4 is 17.4 Å². The van der Waals surface area contributed by atoms with Gasteiger partial charge in [-0.2, -0.15) is 0 Å². The maximum absolute atomic E-state index is 4.25. The van der Waals surface area contributed by atoms with Crippen molar-refractivity contribution in [2.45, 2.75) is 13.3 Å². The number of rotatable bonds is 2. The lowest BCUT2D eigenvalue weighted by Gasteiger charge is -1.80. The standard InChI is InChI=1S/C7H9NS/c1-3-6-5-9-7(4-2)8-6/h3,5H,1,4H2,2H3. The van der Waals surface area contributed by atoms with Crippen LogP contribution in [0.15, 0.2) is 12.0 Å². The van der Waals surface area contributed by atoms with E-state index >= 15 is 0 Å². The first kappa shape index (κ1) is 6.49. The summed E-state index contributed by atoms with van der Waals surface area (Å²) in [5.74, 6) is 0. The molecule has 0 aliphatic rings. The number of hydrogen-bond acceptors (Lipinski definition) is 2. The summed E-state index contributed by atoms with van der Waals surface area (Å²) in [5, 5.41) is 3.20. The van der Waals surface area contributed by atoms with E-state index in [-0.39, 0.29) is 0 Å². The topological polar surface area (TPSA) is 12.9 Å². The molecule has 1 nitrogen and oxygen atoms in total. The normalized spacial score (nSPS) is 9.44. The van der Waals surface area contributed by atoms with Crippen molar-refractivity contribution in [2.75, 3.05) is 0 Å². The Balaban J connectivity index is 2.86. The van der Waals surface area contributed by atoms with Crippen LogP contribution in [0.3, 0.4) is 0 Å². The third kappa shape index (κ3) is 1.39. The Bertz CT molecular complexity index is 202. The van der Waals surface area contributed by atoms with Crippen molar-refractivity contribution in [2.24, 2.45) is 0 Å². The molecule has 1 rings (SSSR count). The number of nitrogens with zero attached hydrogens (tertiary/aromatic N) is 1. The molecule has 0 bridgehead atoms. The summed E-state index contributed by atoms with van der Waals surface area (Å²) in [6.07, 6.45) is 2.80. The maximum Gasteiger partial charge on any atom is 0.0929 e. The van der Waals surface area contributed by atoms with Crippen molar-refractivity contribution in [3.63, 3.8) is 0 Å². The Morgan fingerprint density at radius 1 is 1.89 bits per heavy atom. The number of thiazole rings is 1. The van der Waals surface area contributed by atoms with Gasteiger partial charge in [0.1, 0.15) is 0 Å². The fraction of sp³-hybridized carbons (Fsp3) is 0.286. The van der Waals surface area contributed by atoms with Gasteiger partial charge in [-0.05, 0) is 12.5 Å². The van der Waals surface area contributed by atoms with E-state index in [1.807, 2.05) is 5.38 Å². The van der Waals surface area contributed by atoms with E-state index in [0.717, 1.165) is 12.1 Å². The molecule has 0 amide bonds. The van der Waals surface area contributed by atoms with Crippen LogP contribution in [0.25, 0.3) is 6.08 Å². The van der Waals surface area contributed by atoms with Crippen LogP contribution in [-0.4, -0.2) is 4.98 Å². The second-order valence-corrected chi connectivity index (χ2v) is 2.67. The lowest BCUT2D eigenvalue weighted by Crippen LogP contribution is -1.75. The molecule has 0 atom stereocenters. The molecule has 1 aromatic rings. The molecular weight excluding hydrogens is 130 g/mol. The summed E-state index contributed by atoms with van der Waals surface area (Å²) in [6.45, 7) is 5.73. The first-order valence-electron chi connectivity index (χ1n) is 2.93. The van der Waals surface area contributed by atoms with Crippen LogP contribution in [0.5, 0.6) is 0 Å². The molecule has 0 unspecified atom stereocenters. The Hall–Kier alpha value is -0.630. The van der Waals surface area contributed by atoms with Crippen LogP contribution >= 0.6 is 11.3 Å².